The molecule has 0 bridgehead atoms. The molecule has 4 aromatic rings. The number of aryl methyl sites for hydroxylation is 2. The number of fused-ring (bicyclic) bond motifs is 1. The molecule has 2 N–H and O–H groups in total. The van der Waals surface area contributed by atoms with Gasteiger partial charge >= 0.3 is 0 Å². The molecular formula is C18H15ClFN5. The zero-order chi connectivity index (χ0) is 17.7. The summed E-state index contributed by atoms with van der Waals surface area (Å²) in [6.45, 7) is 1.90. The third-order valence-corrected chi connectivity index (χ3v) is 4.50. The largest absolute Gasteiger partial charge is 0.399 e. The normalized spacial score (nSPS) is 11.4. The molecule has 25 heavy (non-hydrogen) atoms. The van der Waals surface area contributed by atoms with E-state index in [1.165, 1.54) is 12.1 Å². The second-order valence-corrected chi connectivity index (χ2v) is 6.30. The number of imidazole rings is 1. The molecule has 2 heterocycles. The minimum absolute atomic E-state index is 0.339. The molecule has 5 nitrogen and oxygen atoms in total. The van der Waals surface area contributed by atoms with Crippen LogP contribution in [0.2, 0.25) is 5.02 Å². The predicted molar refractivity (Wildman–Crippen MR) is 97.4 cm³/mol. The smallest absolute Gasteiger partial charge is 0.144 e. The lowest BCUT2D eigenvalue weighted by Gasteiger charge is -2.10. The van der Waals surface area contributed by atoms with Crippen LogP contribution in [0, 0.1) is 12.7 Å². The number of benzene rings is 2. The second-order valence-electron chi connectivity index (χ2n) is 5.89. The first-order valence-electron chi connectivity index (χ1n) is 7.67. The second kappa shape index (κ2) is 5.60. The number of aromatic nitrogens is 4. The molecule has 0 aliphatic heterocycles. The van der Waals surface area contributed by atoms with Gasteiger partial charge in [-0.15, -0.1) is 0 Å². The number of nitrogens with two attached hydrogens (primary N) is 1. The Morgan fingerprint density at radius 2 is 1.96 bits per heavy atom. The van der Waals surface area contributed by atoms with Gasteiger partial charge in [-0.25, -0.2) is 9.37 Å². The van der Waals surface area contributed by atoms with Crippen LogP contribution in [0.1, 0.15) is 5.69 Å². The molecule has 0 radical (unpaired) electrons. The quantitative estimate of drug-likeness (QED) is 0.550. The Morgan fingerprint density at radius 1 is 1.16 bits per heavy atom. The molecule has 0 atom stereocenters. The summed E-state index contributed by atoms with van der Waals surface area (Å²) < 4.78 is 17.2. The summed E-state index contributed by atoms with van der Waals surface area (Å²) in [6, 6.07) is 9.93. The van der Waals surface area contributed by atoms with Crippen molar-refractivity contribution in [3.05, 3.63) is 59.3 Å². The molecule has 2 aromatic heterocycles. The van der Waals surface area contributed by atoms with Crippen molar-refractivity contribution < 1.29 is 4.39 Å². The fourth-order valence-corrected chi connectivity index (χ4v) is 3.39. The molecule has 0 aliphatic rings. The van der Waals surface area contributed by atoms with E-state index in [4.69, 9.17) is 17.3 Å². The van der Waals surface area contributed by atoms with Crippen LogP contribution in [-0.4, -0.2) is 19.3 Å². The number of halogens is 2. The highest BCUT2D eigenvalue weighted by molar-refractivity contribution is 6.33. The van der Waals surface area contributed by atoms with Crippen LogP contribution < -0.4 is 5.73 Å². The van der Waals surface area contributed by atoms with Gasteiger partial charge in [0, 0.05) is 23.9 Å². The minimum atomic E-state index is -0.375. The maximum atomic E-state index is 13.5. The molecule has 126 valence electrons. The van der Waals surface area contributed by atoms with Crippen LogP contribution in [0.3, 0.4) is 0 Å². The van der Waals surface area contributed by atoms with Crippen molar-refractivity contribution in [1.29, 1.82) is 0 Å². The Hall–Kier alpha value is -2.86. The van der Waals surface area contributed by atoms with E-state index in [1.54, 1.807) is 17.1 Å². The lowest BCUT2D eigenvalue weighted by atomic mass is 10.1. The summed E-state index contributed by atoms with van der Waals surface area (Å²) in [4.78, 5) is 4.43. The summed E-state index contributed by atoms with van der Waals surface area (Å²) in [5.74, 6) is 0.429. The average molecular weight is 356 g/mol. The Balaban J connectivity index is 2.02. The van der Waals surface area contributed by atoms with Crippen molar-refractivity contribution in [2.45, 2.75) is 6.92 Å². The van der Waals surface area contributed by atoms with Gasteiger partial charge in [0.25, 0.3) is 0 Å². The standard InChI is InChI=1S/C18H15ClFN5/c1-10-17(13-5-3-11(20)7-14(13)19)18(24(2)23-10)25-9-22-15-8-12(21)4-6-16(15)25/h3-9H,21H2,1-2H3. The van der Waals surface area contributed by atoms with Crippen LogP contribution in [0.5, 0.6) is 0 Å². The molecule has 0 saturated heterocycles. The molecule has 0 saturated carbocycles. The zero-order valence-corrected chi connectivity index (χ0v) is 14.4. The van der Waals surface area contributed by atoms with E-state index in [-0.39, 0.29) is 5.82 Å². The number of nitrogens with zero attached hydrogens (tertiary/aromatic N) is 4. The van der Waals surface area contributed by atoms with Crippen LogP contribution in [0.15, 0.2) is 42.7 Å². The van der Waals surface area contributed by atoms with Crippen molar-refractivity contribution in [1.82, 2.24) is 19.3 Å². The third-order valence-electron chi connectivity index (χ3n) is 4.19. The molecule has 0 fully saturated rings. The number of hydrogen-bond acceptors (Lipinski definition) is 3. The summed E-state index contributed by atoms with van der Waals surface area (Å²) in [5.41, 5.74) is 10.5. The molecular weight excluding hydrogens is 341 g/mol. The Morgan fingerprint density at radius 3 is 2.72 bits per heavy atom. The van der Waals surface area contributed by atoms with Crippen LogP contribution in [0.25, 0.3) is 28.0 Å². The molecule has 0 unspecified atom stereocenters. The van der Waals surface area contributed by atoms with Gasteiger partial charge in [0.05, 0.1) is 21.7 Å². The zero-order valence-electron chi connectivity index (χ0n) is 13.7. The molecule has 0 spiro atoms. The molecule has 0 aliphatic carbocycles. The average Bonchev–Trinajstić information content (AvgIpc) is 3.07. The van der Waals surface area contributed by atoms with Crippen LogP contribution in [-0.2, 0) is 7.05 Å². The highest BCUT2D eigenvalue weighted by Gasteiger charge is 2.20. The van der Waals surface area contributed by atoms with Gasteiger partial charge in [-0.3, -0.25) is 9.25 Å². The van der Waals surface area contributed by atoms with Crippen molar-refractivity contribution in [3.8, 4) is 16.9 Å². The first-order valence-corrected chi connectivity index (χ1v) is 8.05. The van der Waals surface area contributed by atoms with Gasteiger partial charge in [0.1, 0.15) is 18.0 Å². The van der Waals surface area contributed by atoms with Gasteiger partial charge in [-0.1, -0.05) is 11.6 Å². The van der Waals surface area contributed by atoms with Crippen molar-refractivity contribution in [3.63, 3.8) is 0 Å². The summed E-state index contributed by atoms with van der Waals surface area (Å²) >= 11 is 6.30. The van der Waals surface area contributed by atoms with E-state index in [0.29, 0.717) is 10.7 Å². The summed E-state index contributed by atoms with van der Waals surface area (Å²) in [7, 11) is 1.85. The van der Waals surface area contributed by atoms with Gasteiger partial charge in [-0.2, -0.15) is 5.10 Å². The van der Waals surface area contributed by atoms with E-state index >= 15 is 0 Å². The van der Waals surface area contributed by atoms with Crippen molar-refractivity contribution in [2.75, 3.05) is 5.73 Å². The lowest BCUT2D eigenvalue weighted by Crippen LogP contribution is -2.03. The fourth-order valence-electron chi connectivity index (χ4n) is 3.13. The van der Waals surface area contributed by atoms with Gasteiger partial charge in [-0.05, 0) is 43.3 Å². The summed E-state index contributed by atoms with van der Waals surface area (Å²) in [6.07, 6.45) is 1.72. The first kappa shape index (κ1) is 15.7. The minimum Gasteiger partial charge on any atom is -0.399 e. The molecule has 0 amide bonds. The summed E-state index contributed by atoms with van der Waals surface area (Å²) in [5, 5.41) is 4.86. The maximum absolute atomic E-state index is 13.5. The molecule has 7 heteroatoms. The van der Waals surface area contributed by atoms with E-state index in [2.05, 4.69) is 10.1 Å². The number of anilines is 1. The van der Waals surface area contributed by atoms with E-state index in [9.17, 15) is 4.39 Å². The van der Waals surface area contributed by atoms with Crippen molar-refractivity contribution in [2.24, 2.45) is 7.05 Å². The fraction of sp³-hybridized carbons (Fsp3) is 0.111. The van der Waals surface area contributed by atoms with Gasteiger partial charge in [0.15, 0.2) is 0 Å². The first-order chi connectivity index (χ1) is 12.0. The van der Waals surface area contributed by atoms with E-state index in [0.717, 1.165) is 33.7 Å². The maximum Gasteiger partial charge on any atom is 0.144 e. The van der Waals surface area contributed by atoms with Crippen molar-refractivity contribution >= 4 is 28.3 Å². The number of rotatable bonds is 2. The Labute approximate surface area is 148 Å². The van der Waals surface area contributed by atoms with E-state index < -0.39 is 0 Å². The number of nitrogen functional groups attached to an aromatic ring is 1. The Bertz CT molecular complexity index is 1110. The Kier molecular flexibility index (Phi) is 3.51. The van der Waals surface area contributed by atoms with Crippen LogP contribution in [0.4, 0.5) is 10.1 Å². The van der Waals surface area contributed by atoms with E-state index in [1.807, 2.05) is 36.7 Å². The third kappa shape index (κ3) is 2.46. The molecule has 2 aromatic carbocycles. The van der Waals surface area contributed by atoms with Gasteiger partial charge in [0.2, 0.25) is 0 Å². The monoisotopic (exact) mass is 355 g/mol. The van der Waals surface area contributed by atoms with Gasteiger partial charge < -0.3 is 5.73 Å². The highest BCUT2D eigenvalue weighted by atomic mass is 35.5. The lowest BCUT2D eigenvalue weighted by molar-refractivity contribution is 0.628. The SMILES string of the molecule is Cc1nn(C)c(-n2cnc3cc(N)ccc32)c1-c1ccc(F)cc1Cl. The topological polar surface area (TPSA) is 61.7 Å². The highest BCUT2D eigenvalue weighted by Crippen LogP contribution is 2.36. The molecule has 4 rings (SSSR count). The number of hydrogen-bond donors (Lipinski definition) is 1. The predicted octanol–water partition coefficient (Wildman–Crippen LogP) is 4.11. The van der Waals surface area contributed by atoms with Crippen LogP contribution >= 0.6 is 11.6 Å².